The Morgan fingerprint density at radius 2 is 2.00 bits per heavy atom. The highest BCUT2D eigenvalue weighted by molar-refractivity contribution is 8.01. The number of rotatable bonds is 8. The minimum absolute atomic E-state index is 0.118. The molecule has 3 amide bonds. The van der Waals surface area contributed by atoms with E-state index in [4.69, 9.17) is 16.3 Å². The van der Waals surface area contributed by atoms with Crippen LogP contribution in [0.5, 0.6) is 0 Å². The number of urea groups is 1. The molecule has 2 rings (SSSR count). The van der Waals surface area contributed by atoms with Gasteiger partial charge in [0.15, 0.2) is 4.34 Å². The summed E-state index contributed by atoms with van der Waals surface area (Å²) >= 11 is 8.22. The molecule has 8 nitrogen and oxygen atoms in total. The van der Waals surface area contributed by atoms with Crippen LogP contribution in [0.1, 0.15) is 0 Å². The molecule has 3 N–H and O–H groups in total. The van der Waals surface area contributed by atoms with E-state index in [-0.39, 0.29) is 11.7 Å². The lowest BCUT2D eigenvalue weighted by Gasteiger charge is -2.04. The summed E-state index contributed by atoms with van der Waals surface area (Å²) in [5.41, 5.74) is 0.605. The van der Waals surface area contributed by atoms with E-state index < -0.39 is 6.03 Å². The van der Waals surface area contributed by atoms with E-state index in [1.54, 1.807) is 31.4 Å². The number of halogens is 1. The van der Waals surface area contributed by atoms with Crippen molar-refractivity contribution in [3.63, 3.8) is 0 Å². The number of nitrogens with one attached hydrogen (secondary N) is 3. The summed E-state index contributed by atoms with van der Waals surface area (Å²) in [6.45, 7) is 0.926. The van der Waals surface area contributed by atoms with Crippen LogP contribution in [0.25, 0.3) is 0 Å². The molecule has 25 heavy (non-hydrogen) atoms. The maximum Gasteiger partial charge on any atom is 0.325 e. The predicted octanol–water partition coefficient (Wildman–Crippen LogP) is 2.69. The molecule has 0 saturated heterocycles. The van der Waals surface area contributed by atoms with Gasteiger partial charge in [-0.05, 0) is 24.3 Å². The Kier molecular flexibility index (Phi) is 7.92. The van der Waals surface area contributed by atoms with E-state index in [1.165, 1.54) is 23.1 Å². The van der Waals surface area contributed by atoms with Crippen molar-refractivity contribution >= 4 is 57.5 Å². The first kappa shape index (κ1) is 19.4. The van der Waals surface area contributed by atoms with Crippen LogP contribution < -0.4 is 16.0 Å². The van der Waals surface area contributed by atoms with Crippen molar-refractivity contribution in [2.24, 2.45) is 0 Å². The highest BCUT2D eigenvalue weighted by Crippen LogP contribution is 2.25. The monoisotopic (exact) mass is 401 g/mol. The van der Waals surface area contributed by atoms with Gasteiger partial charge in [0.2, 0.25) is 11.0 Å². The second-order valence-corrected chi connectivity index (χ2v) is 7.23. The van der Waals surface area contributed by atoms with E-state index in [1.807, 2.05) is 0 Å². The van der Waals surface area contributed by atoms with Crippen molar-refractivity contribution in [3.05, 3.63) is 29.3 Å². The summed E-state index contributed by atoms with van der Waals surface area (Å²) in [6.07, 6.45) is 0. The molecule has 0 aliphatic rings. The fourth-order valence-corrected chi connectivity index (χ4v) is 3.29. The Morgan fingerprint density at radius 3 is 2.72 bits per heavy atom. The summed E-state index contributed by atoms with van der Waals surface area (Å²) in [7, 11) is 1.57. The number of hydrogen-bond donors (Lipinski definition) is 3. The molecule has 1 aromatic carbocycles. The first-order valence-electron chi connectivity index (χ1n) is 7.12. The number of aromatic nitrogens is 2. The smallest absolute Gasteiger partial charge is 0.325 e. The van der Waals surface area contributed by atoms with Gasteiger partial charge in [-0.3, -0.25) is 10.1 Å². The highest BCUT2D eigenvalue weighted by atomic mass is 35.5. The van der Waals surface area contributed by atoms with Gasteiger partial charge in [-0.1, -0.05) is 34.7 Å². The molecule has 0 fully saturated rings. The topological polar surface area (TPSA) is 105 Å². The molecular weight excluding hydrogens is 386 g/mol. The number of carbonyl (C=O) groups is 2. The van der Waals surface area contributed by atoms with Gasteiger partial charge in [0.1, 0.15) is 0 Å². The van der Waals surface area contributed by atoms with Crippen LogP contribution in [-0.2, 0) is 9.53 Å². The van der Waals surface area contributed by atoms with Crippen LogP contribution in [0.3, 0.4) is 0 Å². The number of carbonyl (C=O) groups excluding carboxylic acids is 2. The third kappa shape index (κ3) is 7.26. The van der Waals surface area contributed by atoms with Gasteiger partial charge in [-0.25, -0.2) is 4.79 Å². The van der Waals surface area contributed by atoms with Gasteiger partial charge in [-0.2, -0.15) is 0 Å². The van der Waals surface area contributed by atoms with E-state index in [0.717, 1.165) is 0 Å². The number of amides is 3. The largest absolute Gasteiger partial charge is 0.383 e. The molecular formula is C14H16ClN5O3S2. The summed E-state index contributed by atoms with van der Waals surface area (Å²) in [5.74, 6) is 0.0993. The Bertz CT molecular complexity index is 711. The number of methoxy groups -OCH3 is 1. The zero-order chi connectivity index (χ0) is 18.1. The molecule has 0 spiro atoms. The lowest BCUT2D eigenvalue weighted by molar-refractivity contribution is -0.118. The van der Waals surface area contributed by atoms with Crippen LogP contribution in [-0.4, -0.2) is 48.1 Å². The van der Waals surface area contributed by atoms with Crippen molar-refractivity contribution in [1.29, 1.82) is 0 Å². The van der Waals surface area contributed by atoms with Gasteiger partial charge in [0, 0.05) is 24.4 Å². The van der Waals surface area contributed by atoms with Gasteiger partial charge in [0.05, 0.1) is 12.4 Å². The number of hydrogen-bond acceptors (Lipinski definition) is 7. The van der Waals surface area contributed by atoms with E-state index >= 15 is 0 Å². The number of thioether (sulfide) groups is 1. The first-order valence-corrected chi connectivity index (χ1v) is 9.30. The molecule has 0 aliphatic heterocycles. The van der Waals surface area contributed by atoms with Crippen molar-refractivity contribution < 1.29 is 14.3 Å². The zero-order valence-corrected chi connectivity index (χ0v) is 15.6. The lowest BCUT2D eigenvalue weighted by Crippen LogP contribution is -2.28. The predicted molar refractivity (Wildman–Crippen MR) is 99.6 cm³/mol. The van der Waals surface area contributed by atoms with Crippen molar-refractivity contribution in [2.75, 3.05) is 36.6 Å². The number of anilines is 2. The average molecular weight is 402 g/mol. The second kappa shape index (κ2) is 10.2. The first-order chi connectivity index (χ1) is 12.1. The summed E-state index contributed by atoms with van der Waals surface area (Å²) in [4.78, 5) is 23.5. The number of nitrogens with zero attached hydrogens (tertiary/aromatic N) is 2. The standard InChI is InChI=1S/C14H16ClN5O3S2/c1-23-7-6-16-11(21)8-24-14-20-19-13(25-14)18-12(22)17-10-4-2-9(15)3-5-10/h2-5H,6-8H2,1H3,(H,16,21)(H2,17,18,19,22). The lowest BCUT2D eigenvalue weighted by atomic mass is 10.3. The molecule has 0 saturated carbocycles. The van der Waals surface area contributed by atoms with Crippen molar-refractivity contribution in [3.8, 4) is 0 Å². The van der Waals surface area contributed by atoms with Crippen LogP contribution in [0.2, 0.25) is 5.02 Å². The summed E-state index contributed by atoms with van der Waals surface area (Å²) in [6, 6.07) is 6.28. The summed E-state index contributed by atoms with van der Waals surface area (Å²) < 4.78 is 5.44. The minimum atomic E-state index is -0.438. The normalized spacial score (nSPS) is 10.3. The van der Waals surface area contributed by atoms with E-state index in [0.29, 0.717) is 33.3 Å². The molecule has 0 aliphatic carbocycles. The maximum absolute atomic E-state index is 11.9. The van der Waals surface area contributed by atoms with Crippen LogP contribution in [0, 0.1) is 0 Å². The average Bonchev–Trinajstić information content (AvgIpc) is 3.02. The van der Waals surface area contributed by atoms with Crippen molar-refractivity contribution in [2.45, 2.75) is 4.34 Å². The molecule has 134 valence electrons. The second-order valence-electron chi connectivity index (χ2n) is 4.59. The third-order valence-corrected chi connectivity index (χ3v) is 4.91. The fraction of sp³-hybridized carbons (Fsp3) is 0.286. The number of ether oxygens (including phenoxy) is 1. The van der Waals surface area contributed by atoms with Crippen molar-refractivity contribution in [1.82, 2.24) is 15.5 Å². The highest BCUT2D eigenvalue weighted by Gasteiger charge is 2.10. The van der Waals surface area contributed by atoms with Gasteiger partial charge in [0.25, 0.3) is 0 Å². The Balaban J connectivity index is 1.75. The molecule has 0 radical (unpaired) electrons. The van der Waals surface area contributed by atoms with Gasteiger partial charge >= 0.3 is 6.03 Å². The quantitative estimate of drug-likeness (QED) is 0.357. The maximum atomic E-state index is 11.9. The molecule has 1 aromatic heterocycles. The van der Waals surface area contributed by atoms with Gasteiger partial charge < -0.3 is 15.4 Å². The third-order valence-electron chi connectivity index (χ3n) is 2.68. The molecule has 11 heteroatoms. The Morgan fingerprint density at radius 1 is 1.24 bits per heavy atom. The van der Waals surface area contributed by atoms with Crippen LogP contribution >= 0.6 is 34.7 Å². The van der Waals surface area contributed by atoms with E-state index in [2.05, 4.69) is 26.1 Å². The number of benzene rings is 1. The fourth-order valence-electron chi connectivity index (χ4n) is 1.58. The SMILES string of the molecule is COCCNC(=O)CSc1nnc(NC(=O)Nc2ccc(Cl)cc2)s1. The molecule has 0 unspecified atom stereocenters. The Labute approximate surface area is 157 Å². The van der Waals surface area contributed by atoms with Crippen LogP contribution in [0.15, 0.2) is 28.6 Å². The summed E-state index contributed by atoms with van der Waals surface area (Å²) in [5, 5.41) is 16.7. The Hall–Kier alpha value is -1.88. The van der Waals surface area contributed by atoms with E-state index in [9.17, 15) is 9.59 Å². The van der Waals surface area contributed by atoms with Gasteiger partial charge in [-0.15, -0.1) is 10.2 Å². The minimum Gasteiger partial charge on any atom is -0.383 e. The molecule has 0 bridgehead atoms. The zero-order valence-electron chi connectivity index (χ0n) is 13.2. The van der Waals surface area contributed by atoms with Crippen LogP contribution in [0.4, 0.5) is 15.6 Å². The molecule has 2 aromatic rings. The molecule has 1 heterocycles. The molecule has 0 atom stereocenters.